The summed E-state index contributed by atoms with van der Waals surface area (Å²) in [7, 11) is 0. The Hall–Kier alpha value is -1.71. The quantitative estimate of drug-likeness (QED) is 0.602. The number of aldehydes is 1. The first-order valence-corrected chi connectivity index (χ1v) is 4.68. The van der Waals surface area contributed by atoms with Crippen molar-refractivity contribution in [3.8, 4) is 0 Å². The zero-order chi connectivity index (χ0) is 10.8. The fraction of sp³-hybridized carbons (Fsp3) is 0.273. The normalized spacial score (nSPS) is 18.1. The fourth-order valence-corrected chi connectivity index (χ4v) is 1.89. The Morgan fingerprint density at radius 3 is 3.07 bits per heavy atom. The van der Waals surface area contributed by atoms with Crippen LogP contribution in [0.15, 0.2) is 18.2 Å². The number of para-hydroxylation sites is 1. The molecule has 1 aromatic rings. The lowest BCUT2D eigenvalue weighted by Gasteiger charge is -2.05. The van der Waals surface area contributed by atoms with Crippen LogP contribution in [0.3, 0.4) is 0 Å². The maximum atomic E-state index is 12.6. The second-order valence-corrected chi connectivity index (χ2v) is 3.47. The lowest BCUT2D eigenvalue weighted by atomic mass is 9.96. The molecule has 15 heavy (non-hydrogen) atoms. The summed E-state index contributed by atoms with van der Waals surface area (Å²) < 4.78 is 12.6. The molecule has 0 amide bonds. The third kappa shape index (κ3) is 1.52. The number of hydrogen-bond acceptors (Lipinski definition) is 3. The summed E-state index contributed by atoms with van der Waals surface area (Å²) in [6, 6.07) is 5.12. The lowest BCUT2D eigenvalue weighted by molar-refractivity contribution is -0.130. The van der Waals surface area contributed by atoms with Gasteiger partial charge in [-0.25, -0.2) is 4.39 Å². The van der Waals surface area contributed by atoms with Crippen molar-refractivity contribution >= 4 is 17.8 Å². The van der Waals surface area contributed by atoms with Gasteiger partial charge in [0.1, 0.15) is 6.67 Å². The maximum absolute atomic E-state index is 12.6. The first-order valence-electron chi connectivity index (χ1n) is 4.68. The van der Waals surface area contributed by atoms with E-state index in [0.29, 0.717) is 24.1 Å². The molecule has 1 unspecified atom stereocenters. The van der Waals surface area contributed by atoms with E-state index in [1.807, 2.05) is 0 Å². The largest absolute Gasteiger partial charge is 0.383 e. The van der Waals surface area contributed by atoms with Crippen molar-refractivity contribution in [2.45, 2.75) is 12.6 Å². The molecule has 78 valence electrons. The topological polar surface area (TPSA) is 46.2 Å². The molecule has 0 saturated heterocycles. The highest BCUT2D eigenvalue weighted by molar-refractivity contribution is 6.28. The molecular formula is C11H10FNO2. The van der Waals surface area contributed by atoms with Crippen LogP contribution >= 0.6 is 0 Å². The van der Waals surface area contributed by atoms with Gasteiger partial charge in [0.15, 0.2) is 6.29 Å². The third-order valence-electron chi connectivity index (χ3n) is 2.64. The van der Waals surface area contributed by atoms with Crippen molar-refractivity contribution in [1.29, 1.82) is 0 Å². The molecule has 1 heterocycles. The second-order valence-electron chi connectivity index (χ2n) is 3.47. The van der Waals surface area contributed by atoms with E-state index in [0.717, 1.165) is 5.56 Å². The lowest BCUT2D eigenvalue weighted by Crippen LogP contribution is -2.15. The highest BCUT2D eigenvalue weighted by atomic mass is 19.1. The van der Waals surface area contributed by atoms with E-state index in [2.05, 4.69) is 5.32 Å². The van der Waals surface area contributed by atoms with Gasteiger partial charge in [0.25, 0.3) is 0 Å². The minimum absolute atomic E-state index is 0.323. The Kier molecular flexibility index (Phi) is 2.49. The third-order valence-corrected chi connectivity index (χ3v) is 2.64. The Labute approximate surface area is 86.3 Å². The van der Waals surface area contributed by atoms with Crippen LogP contribution in [0.2, 0.25) is 0 Å². The number of Topliss-reactive ketones (excluding diaryl/α,β-unsaturated/α-hetero) is 1. The molecule has 1 aromatic carbocycles. The van der Waals surface area contributed by atoms with Gasteiger partial charge in [0.2, 0.25) is 5.78 Å². The van der Waals surface area contributed by atoms with Gasteiger partial charge < -0.3 is 5.32 Å². The van der Waals surface area contributed by atoms with Crippen LogP contribution in [-0.2, 0) is 16.3 Å². The molecular weight excluding hydrogens is 197 g/mol. The molecule has 0 spiro atoms. The van der Waals surface area contributed by atoms with E-state index >= 15 is 0 Å². The average Bonchev–Trinajstić information content (AvgIpc) is 2.71. The smallest absolute Gasteiger partial charge is 0.204 e. The van der Waals surface area contributed by atoms with Gasteiger partial charge in [-0.15, -0.1) is 0 Å². The van der Waals surface area contributed by atoms with Crippen molar-refractivity contribution < 1.29 is 14.0 Å². The average molecular weight is 207 g/mol. The van der Waals surface area contributed by atoms with Gasteiger partial charge in [0.05, 0.1) is 5.92 Å². The van der Waals surface area contributed by atoms with Crippen LogP contribution in [0.5, 0.6) is 0 Å². The summed E-state index contributed by atoms with van der Waals surface area (Å²) in [5, 5.41) is 2.97. The van der Waals surface area contributed by atoms with E-state index in [-0.39, 0.29) is 0 Å². The summed E-state index contributed by atoms with van der Waals surface area (Å²) in [5.41, 5.74) is 1.93. The predicted molar refractivity (Wildman–Crippen MR) is 53.6 cm³/mol. The maximum Gasteiger partial charge on any atom is 0.204 e. The molecule has 0 aliphatic carbocycles. The number of ketones is 1. The molecule has 3 nitrogen and oxygen atoms in total. The summed E-state index contributed by atoms with van der Waals surface area (Å²) in [6.45, 7) is -0.192. The van der Waals surface area contributed by atoms with Crippen LogP contribution in [0.4, 0.5) is 10.1 Å². The zero-order valence-corrected chi connectivity index (χ0v) is 8.00. The zero-order valence-electron chi connectivity index (χ0n) is 8.00. The number of carbonyl (C=O) groups excluding carboxylic acids is 2. The van der Waals surface area contributed by atoms with Crippen LogP contribution in [0.25, 0.3) is 0 Å². The van der Waals surface area contributed by atoms with Gasteiger partial charge in [-0.3, -0.25) is 9.59 Å². The van der Waals surface area contributed by atoms with Gasteiger partial charge >= 0.3 is 0 Å². The summed E-state index contributed by atoms with van der Waals surface area (Å²) in [5.74, 6) is -0.916. The molecule has 1 aliphatic rings. The molecule has 0 radical (unpaired) electrons. The van der Waals surface area contributed by atoms with Crippen LogP contribution in [-0.4, -0.2) is 18.6 Å². The molecule has 1 atom stereocenters. The Balaban J connectivity index is 2.43. The number of alkyl halides is 1. The van der Waals surface area contributed by atoms with Crippen molar-refractivity contribution in [2.24, 2.45) is 0 Å². The van der Waals surface area contributed by atoms with E-state index < -0.39 is 18.4 Å². The molecule has 4 heteroatoms. The van der Waals surface area contributed by atoms with Gasteiger partial charge in [-0.1, -0.05) is 18.2 Å². The number of carbonyl (C=O) groups is 2. The Morgan fingerprint density at radius 2 is 2.40 bits per heavy atom. The van der Waals surface area contributed by atoms with Crippen LogP contribution < -0.4 is 5.32 Å². The first kappa shape index (κ1) is 9.83. The van der Waals surface area contributed by atoms with E-state index in [9.17, 15) is 14.0 Å². The minimum Gasteiger partial charge on any atom is -0.383 e. The van der Waals surface area contributed by atoms with E-state index in [1.165, 1.54) is 0 Å². The van der Waals surface area contributed by atoms with Gasteiger partial charge in [0, 0.05) is 17.8 Å². The number of hydrogen-bond donors (Lipinski definition) is 1. The number of benzene rings is 1. The molecule has 1 N–H and O–H groups in total. The molecule has 0 saturated carbocycles. The summed E-state index contributed by atoms with van der Waals surface area (Å²) in [4.78, 5) is 21.7. The molecule has 1 aliphatic heterocycles. The van der Waals surface area contributed by atoms with Crippen molar-refractivity contribution in [1.82, 2.24) is 0 Å². The Morgan fingerprint density at radius 1 is 1.60 bits per heavy atom. The number of nitrogens with one attached hydrogen (secondary N) is 1. The number of anilines is 1. The molecule has 0 fully saturated rings. The predicted octanol–water partition coefficient (Wildman–Crippen LogP) is 1.43. The number of rotatable bonds is 3. The van der Waals surface area contributed by atoms with Crippen molar-refractivity contribution in [2.75, 3.05) is 11.9 Å². The van der Waals surface area contributed by atoms with E-state index in [1.54, 1.807) is 18.2 Å². The van der Waals surface area contributed by atoms with Crippen LogP contribution in [0.1, 0.15) is 17.0 Å². The SMILES string of the molecule is O=CC(=O)C1CNc2c(CF)cccc21. The fourth-order valence-electron chi connectivity index (χ4n) is 1.89. The van der Waals surface area contributed by atoms with Crippen LogP contribution in [0, 0.1) is 0 Å². The van der Waals surface area contributed by atoms with E-state index in [4.69, 9.17) is 0 Å². The minimum atomic E-state index is -0.571. The molecule has 0 bridgehead atoms. The monoisotopic (exact) mass is 207 g/mol. The Bertz CT molecular complexity index is 417. The first-order chi connectivity index (χ1) is 7.27. The van der Waals surface area contributed by atoms with Gasteiger partial charge in [-0.05, 0) is 5.56 Å². The highest BCUT2D eigenvalue weighted by Crippen LogP contribution is 2.34. The second kappa shape index (κ2) is 3.81. The van der Waals surface area contributed by atoms with Crippen molar-refractivity contribution in [3.05, 3.63) is 29.3 Å². The van der Waals surface area contributed by atoms with Crippen molar-refractivity contribution in [3.63, 3.8) is 0 Å². The standard InChI is InChI=1S/C11H10FNO2/c12-4-7-2-1-3-8-9(10(15)6-14)5-13-11(7)8/h1-3,6,9,13H,4-5H2. The molecule has 0 aromatic heterocycles. The van der Waals surface area contributed by atoms with Gasteiger partial charge in [-0.2, -0.15) is 0 Å². The molecule has 2 rings (SSSR count). The summed E-state index contributed by atoms with van der Waals surface area (Å²) >= 11 is 0. The number of halogens is 1. The number of fused-ring (bicyclic) bond motifs is 1. The highest BCUT2D eigenvalue weighted by Gasteiger charge is 2.29. The summed E-state index contributed by atoms with van der Waals surface area (Å²) in [6.07, 6.45) is 0.323.